The Hall–Kier alpha value is -3.88. The highest BCUT2D eigenvalue weighted by Crippen LogP contribution is 2.27. The fourth-order valence-corrected chi connectivity index (χ4v) is 4.93. The maximum atomic E-state index is 12.5. The van der Waals surface area contributed by atoms with Crippen LogP contribution in [-0.2, 0) is 11.2 Å². The first-order valence-corrected chi connectivity index (χ1v) is 12.5. The van der Waals surface area contributed by atoms with Crippen molar-refractivity contribution in [3.8, 4) is 22.7 Å². The highest BCUT2D eigenvalue weighted by Gasteiger charge is 2.30. The molecule has 1 atom stereocenters. The van der Waals surface area contributed by atoms with Crippen molar-refractivity contribution in [2.45, 2.75) is 11.7 Å². The highest BCUT2D eigenvalue weighted by molar-refractivity contribution is 8.15. The highest BCUT2D eigenvalue weighted by atomic mass is 35.5. The van der Waals surface area contributed by atoms with Gasteiger partial charge in [0.15, 0.2) is 5.17 Å². The van der Waals surface area contributed by atoms with E-state index in [1.54, 1.807) is 18.0 Å². The van der Waals surface area contributed by atoms with E-state index >= 15 is 0 Å². The summed E-state index contributed by atoms with van der Waals surface area (Å²) in [5.41, 5.74) is 4.32. The molecule has 2 heterocycles. The number of benzene rings is 3. The lowest BCUT2D eigenvalue weighted by Crippen LogP contribution is -2.26. The van der Waals surface area contributed by atoms with Crippen molar-refractivity contribution >= 4 is 40.7 Å². The molecule has 0 bridgehead atoms. The van der Waals surface area contributed by atoms with Crippen molar-refractivity contribution in [3.63, 3.8) is 0 Å². The van der Waals surface area contributed by atoms with Crippen molar-refractivity contribution in [1.82, 2.24) is 15.1 Å². The fourth-order valence-electron chi connectivity index (χ4n) is 3.76. The summed E-state index contributed by atoms with van der Waals surface area (Å²) < 4.78 is 7.08. The topological polar surface area (TPSA) is 80.9 Å². The van der Waals surface area contributed by atoms with E-state index in [0.717, 1.165) is 33.8 Å². The second-order valence-electron chi connectivity index (χ2n) is 7.98. The van der Waals surface area contributed by atoms with Gasteiger partial charge in [-0.25, -0.2) is 4.68 Å². The molecule has 180 valence electrons. The number of carbonyl (C=O) groups is 1. The fraction of sp³-hybridized carbons (Fsp3) is 0.111. The van der Waals surface area contributed by atoms with Crippen LogP contribution in [-0.4, -0.2) is 39.4 Å². The van der Waals surface area contributed by atoms with E-state index in [-0.39, 0.29) is 11.2 Å². The number of amidine groups is 1. The van der Waals surface area contributed by atoms with Gasteiger partial charge in [0.25, 0.3) is 0 Å². The third kappa shape index (κ3) is 5.35. The second-order valence-corrected chi connectivity index (χ2v) is 9.58. The van der Waals surface area contributed by atoms with Crippen LogP contribution < -0.4 is 10.1 Å². The maximum absolute atomic E-state index is 12.5. The van der Waals surface area contributed by atoms with Crippen molar-refractivity contribution in [2.24, 2.45) is 10.2 Å². The monoisotopic (exact) mass is 515 g/mol. The molecule has 1 amide bonds. The maximum Gasteiger partial charge on any atom is 0.239 e. The number of amides is 1. The smallest absolute Gasteiger partial charge is 0.239 e. The van der Waals surface area contributed by atoms with Crippen molar-refractivity contribution in [3.05, 3.63) is 101 Å². The summed E-state index contributed by atoms with van der Waals surface area (Å²) in [6.45, 7) is 0. The Bertz CT molecular complexity index is 1430. The summed E-state index contributed by atoms with van der Waals surface area (Å²) in [5, 5.41) is 16.9. The van der Waals surface area contributed by atoms with E-state index in [1.807, 2.05) is 85.1 Å². The average Bonchev–Trinajstić information content (AvgIpc) is 3.49. The Morgan fingerprint density at radius 3 is 2.58 bits per heavy atom. The summed E-state index contributed by atoms with van der Waals surface area (Å²) in [4.78, 5) is 12.5. The van der Waals surface area contributed by atoms with E-state index in [9.17, 15) is 4.79 Å². The standard InChI is InChI=1S/C27H22ClN5O2S/c1-35-22-13-11-18(12-14-22)25-20(17-33(32-25)21-8-3-2-4-9-21)16-29-31-27-30-26(34)24(36-27)15-19-7-5-6-10-23(19)28/h2-14,16-17,24H,15H2,1H3,(H,30,31,34). The summed E-state index contributed by atoms with van der Waals surface area (Å²) in [6, 6.07) is 25.1. The minimum atomic E-state index is -0.311. The van der Waals surface area contributed by atoms with Gasteiger partial charge in [0.2, 0.25) is 5.91 Å². The quantitative estimate of drug-likeness (QED) is 0.265. The molecule has 1 N–H and O–H groups in total. The molecule has 1 saturated heterocycles. The number of rotatable bonds is 7. The number of methoxy groups -OCH3 is 1. The summed E-state index contributed by atoms with van der Waals surface area (Å²) in [5.74, 6) is 0.660. The van der Waals surface area contributed by atoms with Gasteiger partial charge in [-0.3, -0.25) is 4.79 Å². The minimum Gasteiger partial charge on any atom is -0.497 e. The molecular formula is C27H22ClN5O2S. The van der Waals surface area contributed by atoms with Gasteiger partial charge in [-0.05, 0) is 54.4 Å². The van der Waals surface area contributed by atoms with Gasteiger partial charge in [0, 0.05) is 22.3 Å². The van der Waals surface area contributed by atoms with E-state index < -0.39 is 0 Å². The van der Waals surface area contributed by atoms with Crippen molar-refractivity contribution in [2.75, 3.05) is 7.11 Å². The Labute approximate surface area is 217 Å². The third-order valence-electron chi connectivity index (χ3n) is 5.61. The molecule has 3 aromatic carbocycles. The molecule has 5 rings (SSSR count). The number of para-hydroxylation sites is 1. The van der Waals surface area contributed by atoms with Crippen LogP contribution in [0.5, 0.6) is 5.75 Å². The number of halogens is 1. The molecule has 1 aliphatic rings. The third-order valence-corrected chi connectivity index (χ3v) is 7.05. The first kappa shape index (κ1) is 23.8. The number of carbonyl (C=O) groups excluding carboxylic acids is 1. The Morgan fingerprint density at radius 1 is 1.08 bits per heavy atom. The van der Waals surface area contributed by atoms with Crippen LogP contribution in [0.4, 0.5) is 0 Å². The largest absolute Gasteiger partial charge is 0.497 e. The van der Waals surface area contributed by atoms with Crippen LogP contribution >= 0.6 is 23.4 Å². The molecule has 9 heteroatoms. The van der Waals surface area contributed by atoms with E-state index in [2.05, 4.69) is 15.5 Å². The van der Waals surface area contributed by atoms with Gasteiger partial charge in [-0.1, -0.05) is 59.8 Å². The SMILES string of the molecule is COc1ccc(-c2nn(-c3ccccc3)cc2C=NN=C2NC(=O)C(Cc3ccccc3Cl)S2)cc1. The zero-order chi connectivity index (χ0) is 24.9. The Kier molecular flexibility index (Phi) is 7.16. The number of ether oxygens (including phenoxy) is 1. The molecule has 1 aromatic heterocycles. The molecule has 0 saturated carbocycles. The van der Waals surface area contributed by atoms with Crippen LogP contribution in [0.2, 0.25) is 5.02 Å². The van der Waals surface area contributed by atoms with Crippen LogP contribution in [0.3, 0.4) is 0 Å². The number of nitrogens with zero attached hydrogens (tertiary/aromatic N) is 4. The van der Waals surface area contributed by atoms with Gasteiger partial charge < -0.3 is 10.1 Å². The molecular weight excluding hydrogens is 494 g/mol. The zero-order valence-corrected chi connectivity index (χ0v) is 20.9. The lowest BCUT2D eigenvalue weighted by molar-refractivity contribution is -0.118. The number of aromatic nitrogens is 2. The van der Waals surface area contributed by atoms with Gasteiger partial charge in [0.05, 0.1) is 24.3 Å². The zero-order valence-electron chi connectivity index (χ0n) is 19.3. The lowest BCUT2D eigenvalue weighted by Gasteiger charge is -2.06. The Balaban J connectivity index is 1.38. The Morgan fingerprint density at radius 2 is 1.83 bits per heavy atom. The van der Waals surface area contributed by atoms with Crippen LogP contribution in [0, 0.1) is 0 Å². The molecule has 0 spiro atoms. The predicted molar refractivity (Wildman–Crippen MR) is 145 cm³/mol. The number of thioether (sulfide) groups is 1. The normalized spacial score (nSPS) is 16.6. The summed E-state index contributed by atoms with van der Waals surface area (Å²) in [6.07, 6.45) is 4.07. The van der Waals surface area contributed by atoms with E-state index in [4.69, 9.17) is 21.4 Å². The molecule has 0 radical (unpaired) electrons. The van der Waals surface area contributed by atoms with Crippen LogP contribution in [0.1, 0.15) is 11.1 Å². The van der Waals surface area contributed by atoms with Crippen LogP contribution in [0.25, 0.3) is 16.9 Å². The van der Waals surface area contributed by atoms with Crippen LogP contribution in [0.15, 0.2) is 95.3 Å². The molecule has 1 aliphatic heterocycles. The minimum absolute atomic E-state index is 0.107. The molecule has 0 aliphatic carbocycles. The van der Waals surface area contributed by atoms with E-state index in [1.165, 1.54) is 11.8 Å². The first-order chi connectivity index (χ1) is 17.6. The first-order valence-electron chi connectivity index (χ1n) is 11.2. The number of hydrogen-bond donors (Lipinski definition) is 1. The molecule has 36 heavy (non-hydrogen) atoms. The van der Waals surface area contributed by atoms with Gasteiger partial charge in [0.1, 0.15) is 11.4 Å². The van der Waals surface area contributed by atoms with Gasteiger partial charge >= 0.3 is 0 Å². The molecule has 4 aromatic rings. The second kappa shape index (κ2) is 10.8. The van der Waals surface area contributed by atoms with Crippen molar-refractivity contribution < 1.29 is 9.53 Å². The summed E-state index contributed by atoms with van der Waals surface area (Å²) in [7, 11) is 1.63. The van der Waals surface area contributed by atoms with Gasteiger partial charge in [-0.15, -0.1) is 5.10 Å². The number of nitrogens with one attached hydrogen (secondary N) is 1. The average molecular weight is 516 g/mol. The van der Waals surface area contributed by atoms with Gasteiger partial charge in [-0.2, -0.15) is 10.2 Å². The molecule has 1 unspecified atom stereocenters. The summed E-state index contributed by atoms with van der Waals surface area (Å²) >= 11 is 7.60. The van der Waals surface area contributed by atoms with E-state index in [0.29, 0.717) is 16.6 Å². The lowest BCUT2D eigenvalue weighted by atomic mass is 10.1. The van der Waals surface area contributed by atoms with Crippen molar-refractivity contribution in [1.29, 1.82) is 0 Å². The number of hydrogen-bond acceptors (Lipinski definition) is 6. The molecule has 7 nitrogen and oxygen atoms in total. The predicted octanol–water partition coefficient (Wildman–Crippen LogP) is 5.37. The molecule has 1 fully saturated rings.